The van der Waals surface area contributed by atoms with Gasteiger partial charge in [-0.1, -0.05) is 312 Å². The highest BCUT2D eigenvalue weighted by Crippen LogP contribution is 2.45. The normalized spacial score (nSPS) is 14.8. The molecule has 0 aliphatic rings. The third kappa shape index (κ3) is 63.9. The number of phosphoric acid groups is 2. The lowest BCUT2D eigenvalue weighted by Gasteiger charge is -2.21. The van der Waals surface area contributed by atoms with Crippen LogP contribution in [0.1, 0.15) is 363 Å². The molecular weight excluding hydrogens is 1200 g/mol. The topological polar surface area (TPSA) is 237 Å². The number of hydrogen-bond acceptors (Lipinski definition) is 15. The van der Waals surface area contributed by atoms with Crippen molar-refractivity contribution in [2.75, 3.05) is 39.6 Å². The lowest BCUT2D eigenvalue weighted by Crippen LogP contribution is -2.30. The first kappa shape index (κ1) is 89.1. The number of esters is 4. The molecule has 0 fully saturated rings. The van der Waals surface area contributed by atoms with Gasteiger partial charge in [-0.2, -0.15) is 0 Å². The lowest BCUT2D eigenvalue weighted by atomic mass is 9.99. The highest BCUT2D eigenvalue weighted by atomic mass is 31.2. The molecule has 4 unspecified atom stereocenters. The maximum atomic E-state index is 13.0. The van der Waals surface area contributed by atoms with Crippen molar-refractivity contribution in [1.29, 1.82) is 0 Å². The zero-order chi connectivity index (χ0) is 67.3. The monoisotopic (exact) mass is 1340 g/mol. The molecule has 0 aliphatic heterocycles. The van der Waals surface area contributed by atoms with E-state index in [4.69, 9.17) is 37.0 Å². The van der Waals surface area contributed by atoms with Gasteiger partial charge >= 0.3 is 39.5 Å². The first-order valence-electron chi connectivity index (χ1n) is 37.4. The molecule has 17 nitrogen and oxygen atoms in total. The number of ether oxygens (including phenoxy) is 4. The minimum absolute atomic E-state index is 0.103. The van der Waals surface area contributed by atoms with Gasteiger partial charge in [0.2, 0.25) is 0 Å². The lowest BCUT2D eigenvalue weighted by molar-refractivity contribution is -0.161. The summed E-state index contributed by atoms with van der Waals surface area (Å²) in [6, 6.07) is 0. The second-order valence-electron chi connectivity index (χ2n) is 26.9. The molecule has 0 aliphatic carbocycles. The number of phosphoric ester groups is 2. The Balaban J connectivity index is 5.23. The van der Waals surface area contributed by atoms with Crippen LogP contribution in [0.4, 0.5) is 0 Å². The molecule has 7 atom stereocenters. The maximum absolute atomic E-state index is 13.0. The molecule has 540 valence electrons. The Morgan fingerprint density at radius 2 is 0.560 bits per heavy atom. The number of rotatable bonds is 70. The Bertz CT molecular complexity index is 1790. The molecule has 0 saturated carbocycles. The van der Waals surface area contributed by atoms with Crippen LogP contribution in [-0.2, 0) is 65.4 Å². The first-order chi connectivity index (χ1) is 43.8. The van der Waals surface area contributed by atoms with Crippen LogP contribution >= 0.6 is 15.6 Å². The predicted molar refractivity (Wildman–Crippen MR) is 368 cm³/mol. The van der Waals surface area contributed by atoms with E-state index in [1.165, 1.54) is 173 Å². The van der Waals surface area contributed by atoms with Crippen molar-refractivity contribution in [2.24, 2.45) is 17.8 Å². The van der Waals surface area contributed by atoms with E-state index in [9.17, 15) is 43.2 Å². The Labute approximate surface area is 556 Å². The van der Waals surface area contributed by atoms with Gasteiger partial charge in [0.15, 0.2) is 12.2 Å². The number of aliphatic hydroxyl groups excluding tert-OH is 1. The van der Waals surface area contributed by atoms with Crippen molar-refractivity contribution in [1.82, 2.24) is 0 Å². The fourth-order valence-corrected chi connectivity index (χ4v) is 12.4. The number of carbonyl (C=O) groups excluding carboxylic acids is 4. The van der Waals surface area contributed by atoms with E-state index in [1.54, 1.807) is 0 Å². The number of carbonyl (C=O) groups is 4. The first-order valence-corrected chi connectivity index (χ1v) is 40.4. The van der Waals surface area contributed by atoms with Gasteiger partial charge in [-0.05, 0) is 43.4 Å². The largest absolute Gasteiger partial charge is 0.472 e. The average Bonchev–Trinajstić information content (AvgIpc) is 3.73. The molecule has 0 spiro atoms. The zero-order valence-electron chi connectivity index (χ0n) is 59.3. The highest BCUT2D eigenvalue weighted by molar-refractivity contribution is 7.47. The third-order valence-electron chi connectivity index (χ3n) is 17.4. The van der Waals surface area contributed by atoms with Gasteiger partial charge in [0.1, 0.15) is 19.3 Å². The summed E-state index contributed by atoms with van der Waals surface area (Å²) < 4.78 is 68.3. The Kier molecular flexibility index (Phi) is 61.5. The van der Waals surface area contributed by atoms with Gasteiger partial charge in [0.25, 0.3) is 0 Å². The second kappa shape index (κ2) is 62.8. The Morgan fingerprint density at radius 1 is 0.319 bits per heavy atom. The van der Waals surface area contributed by atoms with Crippen molar-refractivity contribution in [3.05, 3.63) is 0 Å². The molecule has 0 radical (unpaired) electrons. The summed E-state index contributed by atoms with van der Waals surface area (Å²) in [6.45, 7) is 11.9. The van der Waals surface area contributed by atoms with Gasteiger partial charge in [-0.15, -0.1) is 0 Å². The molecule has 0 rings (SSSR count). The van der Waals surface area contributed by atoms with Gasteiger partial charge in [0, 0.05) is 25.7 Å². The molecule has 3 N–H and O–H groups in total. The van der Waals surface area contributed by atoms with E-state index < -0.39 is 97.5 Å². The van der Waals surface area contributed by atoms with E-state index in [0.29, 0.717) is 25.7 Å². The smallest absolute Gasteiger partial charge is 0.462 e. The number of hydrogen-bond donors (Lipinski definition) is 3. The van der Waals surface area contributed by atoms with Crippen LogP contribution < -0.4 is 0 Å². The molecule has 0 aromatic carbocycles. The Morgan fingerprint density at radius 3 is 0.835 bits per heavy atom. The van der Waals surface area contributed by atoms with Gasteiger partial charge < -0.3 is 33.8 Å². The Hall–Kier alpha value is -1.94. The predicted octanol–water partition coefficient (Wildman–Crippen LogP) is 20.6. The summed E-state index contributed by atoms with van der Waals surface area (Å²) >= 11 is 0. The molecule has 0 amide bonds. The van der Waals surface area contributed by atoms with E-state index in [-0.39, 0.29) is 25.7 Å². The molecular formula is C72H140O17P2. The van der Waals surface area contributed by atoms with Crippen molar-refractivity contribution >= 4 is 39.5 Å². The zero-order valence-corrected chi connectivity index (χ0v) is 61.1. The summed E-state index contributed by atoms with van der Waals surface area (Å²) in [6.07, 6.45) is 47.2. The van der Waals surface area contributed by atoms with E-state index in [2.05, 4.69) is 48.5 Å². The van der Waals surface area contributed by atoms with E-state index in [1.807, 2.05) is 0 Å². The summed E-state index contributed by atoms with van der Waals surface area (Å²) in [5.74, 6) is 0.205. The molecule has 0 heterocycles. The quantitative estimate of drug-likeness (QED) is 0.0222. The van der Waals surface area contributed by atoms with Crippen LogP contribution in [0, 0.1) is 17.8 Å². The van der Waals surface area contributed by atoms with E-state index in [0.717, 1.165) is 108 Å². The van der Waals surface area contributed by atoms with Crippen LogP contribution in [0.2, 0.25) is 0 Å². The van der Waals surface area contributed by atoms with Crippen molar-refractivity contribution in [3.63, 3.8) is 0 Å². The third-order valence-corrected chi connectivity index (χ3v) is 19.3. The molecule has 0 saturated heterocycles. The molecule has 0 aromatic rings. The summed E-state index contributed by atoms with van der Waals surface area (Å²) in [5, 5.41) is 10.6. The second-order valence-corrected chi connectivity index (χ2v) is 29.8. The minimum atomic E-state index is -4.95. The molecule has 19 heteroatoms. The van der Waals surface area contributed by atoms with Crippen molar-refractivity contribution < 1.29 is 80.2 Å². The van der Waals surface area contributed by atoms with Gasteiger partial charge in [-0.3, -0.25) is 37.3 Å². The molecule has 0 bridgehead atoms. The van der Waals surface area contributed by atoms with Crippen molar-refractivity contribution in [2.45, 2.75) is 381 Å². The van der Waals surface area contributed by atoms with Crippen LogP contribution in [0.5, 0.6) is 0 Å². The number of aliphatic hydroxyl groups is 1. The van der Waals surface area contributed by atoms with Crippen molar-refractivity contribution in [3.8, 4) is 0 Å². The average molecular weight is 1340 g/mol. The number of unbranched alkanes of at least 4 members (excludes halogenated alkanes) is 36. The SMILES string of the molecule is CCCCCCCCCCCC(=O)OC[C@H](COP(=O)(O)OC[C@H](O)COP(=O)(O)OC[C@@H](COC(=O)CCCCCCCCCCCCC(C)CC)OC(=O)CCCCCCCCCCCCCCCCCC(C)C)OC(=O)CCCCCCCCC(C)CC. The summed E-state index contributed by atoms with van der Waals surface area (Å²) in [7, 11) is -9.90. The van der Waals surface area contributed by atoms with E-state index >= 15 is 0 Å². The van der Waals surface area contributed by atoms with Crippen LogP contribution in [0.25, 0.3) is 0 Å². The standard InChI is InChI=1S/C72H140O17P2/c1-8-11-12-13-14-24-31-39-46-53-69(74)82-60-68(89-72(77)56-49-42-35-34-38-45-52-65(7)10-3)62-87-91(80,81)85-58-66(73)57-84-90(78,79)86-61-67(59-83-70(75)54-47-40-32-27-23-22-26-30-37-44-51-64(6)9-2)88-71(76)55-48-41-33-28-21-19-17-15-16-18-20-25-29-36-43-50-63(4)5/h63-68,73H,8-62H2,1-7H3,(H,78,79)(H,80,81)/t64?,65?,66-,67-,68-/m1/s1. The molecule has 0 aromatic heterocycles. The van der Waals surface area contributed by atoms with Crippen LogP contribution in [0.15, 0.2) is 0 Å². The fourth-order valence-electron chi connectivity index (χ4n) is 10.8. The minimum Gasteiger partial charge on any atom is -0.462 e. The van der Waals surface area contributed by atoms with Crippen LogP contribution in [-0.4, -0.2) is 96.7 Å². The summed E-state index contributed by atoms with van der Waals surface area (Å²) in [5.41, 5.74) is 0. The van der Waals surface area contributed by atoms with Gasteiger partial charge in [-0.25, -0.2) is 9.13 Å². The maximum Gasteiger partial charge on any atom is 0.472 e. The van der Waals surface area contributed by atoms with Crippen LogP contribution in [0.3, 0.4) is 0 Å². The molecule has 91 heavy (non-hydrogen) atoms. The van der Waals surface area contributed by atoms with Gasteiger partial charge in [0.05, 0.1) is 26.4 Å². The highest BCUT2D eigenvalue weighted by Gasteiger charge is 2.30. The summed E-state index contributed by atoms with van der Waals surface area (Å²) in [4.78, 5) is 72.6. The fraction of sp³-hybridized carbons (Fsp3) is 0.944.